The van der Waals surface area contributed by atoms with E-state index < -0.39 is 22.5 Å². The van der Waals surface area contributed by atoms with E-state index in [1.807, 2.05) is 0 Å². The van der Waals surface area contributed by atoms with Crippen LogP contribution in [-0.4, -0.2) is 23.8 Å². The van der Waals surface area contributed by atoms with E-state index in [-0.39, 0.29) is 22.4 Å². The summed E-state index contributed by atoms with van der Waals surface area (Å²) in [5, 5.41) is 10.6. The number of benzene rings is 3. The summed E-state index contributed by atoms with van der Waals surface area (Å²) < 4.78 is 33.9. The minimum atomic E-state index is -2.02. The van der Waals surface area contributed by atoms with Crippen LogP contribution >= 0.6 is 0 Å². The number of phenols is 1. The molecule has 0 radical (unpaired) electrons. The zero-order valence-electron chi connectivity index (χ0n) is 14.9. The molecular weight excluding hydrogens is 395 g/mol. The van der Waals surface area contributed by atoms with Crippen LogP contribution in [0, 0.1) is 5.82 Å². The monoisotopic (exact) mass is 410 g/mol. The van der Waals surface area contributed by atoms with E-state index in [2.05, 4.69) is 9.97 Å². The van der Waals surface area contributed by atoms with Crippen molar-refractivity contribution in [3.05, 3.63) is 82.7 Å². The molecular formula is C21H15FN2O4S. The van der Waals surface area contributed by atoms with E-state index in [0.29, 0.717) is 27.8 Å². The molecule has 8 heteroatoms. The van der Waals surface area contributed by atoms with Gasteiger partial charge >= 0.3 is 0 Å². The van der Waals surface area contributed by atoms with Gasteiger partial charge in [-0.25, -0.2) is 13.6 Å². The van der Waals surface area contributed by atoms with Crippen LogP contribution < -0.4 is 5.56 Å². The average molecular weight is 410 g/mol. The number of phenolic OH excluding ortho intramolecular Hbond substituents is 1. The van der Waals surface area contributed by atoms with Gasteiger partial charge in [0.15, 0.2) is 11.1 Å². The van der Waals surface area contributed by atoms with Crippen LogP contribution in [0.1, 0.15) is 5.56 Å². The zero-order chi connectivity index (χ0) is 20.5. The number of rotatable bonds is 4. The molecule has 1 atom stereocenters. The van der Waals surface area contributed by atoms with Crippen molar-refractivity contribution in [2.75, 3.05) is 0 Å². The van der Waals surface area contributed by atoms with E-state index in [0.717, 1.165) is 0 Å². The Morgan fingerprint density at radius 1 is 1.07 bits per heavy atom. The fourth-order valence-corrected chi connectivity index (χ4v) is 3.82. The van der Waals surface area contributed by atoms with Crippen LogP contribution in [-0.2, 0) is 16.8 Å². The van der Waals surface area contributed by atoms with Gasteiger partial charge in [-0.1, -0.05) is 36.4 Å². The topological polar surface area (TPSA) is 103 Å². The maximum atomic E-state index is 13.4. The van der Waals surface area contributed by atoms with Crippen molar-refractivity contribution >= 4 is 22.0 Å². The number of fused-ring (bicyclic) bond motifs is 1. The van der Waals surface area contributed by atoms with Gasteiger partial charge < -0.3 is 14.6 Å². The molecule has 0 amide bonds. The standard InChI is InChI=1S/C21H15FN2O4S/c22-15-6-4-13(5-7-15)16-9-17(25)20-19(21(26)24-11-23-20)18(16)14-3-1-2-12(8-14)10-29(27)28/h1-9,11,25H,10H2,(H,27,28)(H,23,24,26). The Kier molecular flexibility index (Phi) is 4.96. The first-order valence-electron chi connectivity index (χ1n) is 8.60. The highest BCUT2D eigenvalue weighted by Crippen LogP contribution is 2.40. The molecule has 4 rings (SSSR count). The van der Waals surface area contributed by atoms with Gasteiger partial charge in [0, 0.05) is 5.56 Å². The lowest BCUT2D eigenvalue weighted by Crippen LogP contribution is -2.09. The molecule has 0 saturated carbocycles. The predicted octanol–water partition coefficient (Wildman–Crippen LogP) is 3.82. The van der Waals surface area contributed by atoms with Crippen LogP contribution in [0.25, 0.3) is 33.2 Å². The van der Waals surface area contributed by atoms with Gasteiger partial charge in [-0.3, -0.25) is 4.79 Å². The van der Waals surface area contributed by atoms with Crippen molar-refractivity contribution in [2.24, 2.45) is 0 Å². The summed E-state index contributed by atoms with van der Waals surface area (Å²) in [6, 6.07) is 14.1. The molecule has 1 aromatic heterocycles. The Hall–Kier alpha value is -3.36. The number of halogens is 1. The summed E-state index contributed by atoms with van der Waals surface area (Å²) in [7, 11) is 0. The van der Waals surface area contributed by atoms with Crippen LogP contribution in [0.5, 0.6) is 5.75 Å². The van der Waals surface area contributed by atoms with Gasteiger partial charge in [0.1, 0.15) is 17.1 Å². The van der Waals surface area contributed by atoms with Crippen molar-refractivity contribution in [3.8, 4) is 28.0 Å². The van der Waals surface area contributed by atoms with Gasteiger partial charge in [0.2, 0.25) is 0 Å². The lowest BCUT2D eigenvalue weighted by Gasteiger charge is -2.15. The van der Waals surface area contributed by atoms with E-state index in [4.69, 9.17) is 0 Å². The fraction of sp³-hybridized carbons (Fsp3) is 0.0476. The van der Waals surface area contributed by atoms with E-state index >= 15 is 0 Å². The largest absolute Gasteiger partial charge is 0.506 e. The minimum absolute atomic E-state index is 0.0651. The molecule has 0 aliphatic rings. The SMILES string of the molecule is O=c1[nH]cnc2c(O)cc(-c3ccc(F)cc3)c(-c3cccc(CS(=O)O)c3)c12. The number of aromatic amines is 1. The summed E-state index contributed by atoms with van der Waals surface area (Å²) in [6.45, 7) is 0. The highest BCUT2D eigenvalue weighted by molar-refractivity contribution is 7.78. The first kappa shape index (κ1) is 19.0. The fourth-order valence-electron chi connectivity index (χ4n) is 3.35. The summed E-state index contributed by atoms with van der Waals surface area (Å²) in [5.74, 6) is -0.654. The van der Waals surface area contributed by atoms with Crippen LogP contribution in [0.15, 0.2) is 65.7 Å². The van der Waals surface area contributed by atoms with E-state index in [1.54, 1.807) is 36.4 Å². The maximum absolute atomic E-state index is 13.4. The first-order chi connectivity index (χ1) is 13.9. The molecule has 1 heterocycles. The summed E-state index contributed by atoms with van der Waals surface area (Å²) >= 11 is -2.02. The quantitative estimate of drug-likeness (QED) is 0.444. The van der Waals surface area contributed by atoms with Crippen LogP contribution in [0.2, 0.25) is 0 Å². The maximum Gasteiger partial charge on any atom is 0.259 e. The van der Waals surface area contributed by atoms with Crippen molar-refractivity contribution < 1.29 is 18.3 Å². The van der Waals surface area contributed by atoms with Crippen molar-refractivity contribution in [3.63, 3.8) is 0 Å². The number of H-pyrrole nitrogens is 1. The van der Waals surface area contributed by atoms with Crippen molar-refractivity contribution in [2.45, 2.75) is 5.75 Å². The highest BCUT2D eigenvalue weighted by atomic mass is 32.2. The Bertz CT molecular complexity index is 1300. The molecule has 3 N–H and O–H groups in total. The lowest BCUT2D eigenvalue weighted by molar-refractivity contribution is 0.480. The van der Waals surface area contributed by atoms with Crippen molar-refractivity contribution in [1.82, 2.24) is 9.97 Å². The number of aromatic nitrogens is 2. The van der Waals surface area contributed by atoms with Gasteiger partial charge in [0.05, 0.1) is 17.5 Å². The zero-order valence-corrected chi connectivity index (χ0v) is 15.7. The van der Waals surface area contributed by atoms with E-state index in [1.165, 1.54) is 24.5 Å². The normalized spacial score (nSPS) is 12.2. The second kappa shape index (κ2) is 7.57. The lowest BCUT2D eigenvalue weighted by atomic mass is 9.90. The summed E-state index contributed by atoms with van der Waals surface area (Å²) in [5.41, 5.74) is 2.50. The van der Waals surface area contributed by atoms with Crippen molar-refractivity contribution in [1.29, 1.82) is 0 Å². The number of nitrogens with one attached hydrogen (secondary N) is 1. The second-order valence-electron chi connectivity index (χ2n) is 6.45. The molecule has 0 saturated heterocycles. The van der Waals surface area contributed by atoms with Gasteiger partial charge in [-0.05, 0) is 40.5 Å². The molecule has 0 bridgehead atoms. The highest BCUT2D eigenvalue weighted by Gasteiger charge is 2.19. The molecule has 0 aliphatic heterocycles. The van der Waals surface area contributed by atoms with Gasteiger partial charge in [-0.15, -0.1) is 0 Å². The van der Waals surface area contributed by atoms with E-state index in [9.17, 15) is 23.1 Å². The summed E-state index contributed by atoms with van der Waals surface area (Å²) in [6.07, 6.45) is 1.21. The number of aromatic hydroxyl groups is 1. The third kappa shape index (κ3) is 3.67. The Morgan fingerprint density at radius 2 is 1.83 bits per heavy atom. The molecule has 0 aliphatic carbocycles. The molecule has 0 fully saturated rings. The molecule has 0 spiro atoms. The minimum Gasteiger partial charge on any atom is -0.506 e. The summed E-state index contributed by atoms with van der Waals surface area (Å²) in [4.78, 5) is 19.3. The average Bonchev–Trinajstić information content (AvgIpc) is 2.69. The number of hydrogen-bond donors (Lipinski definition) is 3. The molecule has 4 aromatic rings. The Labute approximate surface area is 167 Å². The first-order valence-corrected chi connectivity index (χ1v) is 9.87. The molecule has 1 unspecified atom stereocenters. The van der Waals surface area contributed by atoms with Crippen LogP contribution in [0.4, 0.5) is 4.39 Å². The predicted molar refractivity (Wildman–Crippen MR) is 109 cm³/mol. The smallest absolute Gasteiger partial charge is 0.259 e. The number of nitrogens with zero attached hydrogens (tertiary/aromatic N) is 1. The van der Waals surface area contributed by atoms with Gasteiger partial charge in [0.25, 0.3) is 5.56 Å². The Morgan fingerprint density at radius 3 is 2.55 bits per heavy atom. The second-order valence-corrected chi connectivity index (χ2v) is 7.38. The third-order valence-electron chi connectivity index (χ3n) is 4.56. The Balaban J connectivity index is 2.09. The molecule has 146 valence electrons. The van der Waals surface area contributed by atoms with Gasteiger partial charge in [-0.2, -0.15) is 0 Å². The van der Waals surface area contributed by atoms with Crippen LogP contribution in [0.3, 0.4) is 0 Å². The molecule has 6 nitrogen and oxygen atoms in total. The molecule has 29 heavy (non-hydrogen) atoms. The third-order valence-corrected chi connectivity index (χ3v) is 5.14. The number of hydrogen-bond acceptors (Lipinski definition) is 4. The molecule has 3 aromatic carbocycles.